The number of hydrogen-bond donors (Lipinski definition) is 0. The van der Waals surface area contributed by atoms with Crippen LogP contribution in [0.4, 0.5) is 0 Å². The van der Waals surface area contributed by atoms with Crippen LogP contribution < -0.4 is 0 Å². The van der Waals surface area contributed by atoms with Crippen LogP contribution in [0, 0.1) is 0 Å². The summed E-state index contributed by atoms with van der Waals surface area (Å²) in [6.07, 6.45) is 7.07. The third kappa shape index (κ3) is 14.6. The first-order chi connectivity index (χ1) is 19.9. The van der Waals surface area contributed by atoms with E-state index in [0.717, 1.165) is 34.2 Å². The third-order valence-corrected chi connectivity index (χ3v) is 4.20. The fourth-order valence-electron chi connectivity index (χ4n) is 2.78. The van der Waals surface area contributed by atoms with Gasteiger partial charge in [-0.2, -0.15) is 0 Å². The molecule has 0 atom stereocenters. The van der Waals surface area contributed by atoms with Gasteiger partial charge < -0.3 is 0 Å². The molecule has 0 aliphatic heterocycles. The molecule has 0 radical (unpaired) electrons. The van der Waals surface area contributed by atoms with Gasteiger partial charge in [-0.05, 0) is 60.7 Å². The van der Waals surface area contributed by atoms with E-state index in [9.17, 15) is 0 Å². The molecule has 0 aliphatic carbocycles. The first-order valence-electron chi connectivity index (χ1n) is 14.5. The molecule has 5 nitrogen and oxygen atoms in total. The van der Waals surface area contributed by atoms with Crippen LogP contribution in [-0.4, -0.2) is 24.9 Å². The van der Waals surface area contributed by atoms with Crippen LogP contribution in [0.2, 0.25) is 0 Å². The SMILES string of the molecule is CC.CC.CC.CC.CC.c1ccc(-c2cccc(-c3ccccn3)n2)nc1.c1ccc(-c2ccccn2)nc1. The van der Waals surface area contributed by atoms with Gasteiger partial charge in [-0.15, -0.1) is 0 Å². The topological polar surface area (TPSA) is 64.5 Å². The molecular formula is C35H49N5. The molecule has 0 saturated carbocycles. The Hall–Kier alpha value is -4.25. The summed E-state index contributed by atoms with van der Waals surface area (Å²) < 4.78 is 0. The van der Waals surface area contributed by atoms with Crippen LogP contribution in [-0.2, 0) is 0 Å². The zero-order chi connectivity index (χ0) is 30.4. The van der Waals surface area contributed by atoms with Crippen molar-refractivity contribution in [3.63, 3.8) is 0 Å². The Balaban J connectivity index is 0. The molecule has 5 rings (SSSR count). The van der Waals surface area contributed by atoms with Crippen molar-refractivity contribution in [2.45, 2.75) is 69.2 Å². The van der Waals surface area contributed by atoms with Gasteiger partial charge in [0.2, 0.25) is 0 Å². The summed E-state index contributed by atoms with van der Waals surface area (Å²) in [6, 6.07) is 29.1. The number of pyridine rings is 5. The lowest BCUT2D eigenvalue weighted by atomic mass is 10.2. The van der Waals surface area contributed by atoms with Crippen LogP contribution in [0.15, 0.2) is 116 Å². The second-order valence-electron chi connectivity index (χ2n) is 6.27. The Kier molecular flexibility index (Phi) is 26.3. The van der Waals surface area contributed by atoms with Crippen LogP contribution >= 0.6 is 0 Å². The van der Waals surface area contributed by atoms with Gasteiger partial charge in [0.15, 0.2) is 0 Å². The lowest BCUT2D eigenvalue weighted by molar-refractivity contribution is 1.22. The molecular weight excluding hydrogens is 490 g/mol. The Morgan fingerprint density at radius 1 is 0.275 bits per heavy atom. The third-order valence-electron chi connectivity index (χ3n) is 4.20. The summed E-state index contributed by atoms with van der Waals surface area (Å²) in [4.78, 5) is 21.6. The van der Waals surface area contributed by atoms with Crippen LogP contribution in [0.25, 0.3) is 34.2 Å². The Morgan fingerprint density at radius 3 is 0.725 bits per heavy atom. The molecule has 0 amide bonds. The van der Waals surface area contributed by atoms with E-state index < -0.39 is 0 Å². The maximum absolute atomic E-state index is 4.59. The molecule has 0 aliphatic rings. The van der Waals surface area contributed by atoms with Crippen molar-refractivity contribution in [2.75, 3.05) is 0 Å². The molecule has 40 heavy (non-hydrogen) atoms. The van der Waals surface area contributed by atoms with Crippen LogP contribution in [0.3, 0.4) is 0 Å². The predicted octanol–water partition coefficient (Wildman–Crippen LogP) is 10.5. The summed E-state index contributed by atoms with van der Waals surface area (Å²) in [5, 5.41) is 0. The minimum Gasteiger partial charge on any atom is -0.255 e. The molecule has 0 bridgehead atoms. The summed E-state index contributed by atoms with van der Waals surface area (Å²) in [5.41, 5.74) is 5.29. The van der Waals surface area contributed by atoms with E-state index >= 15 is 0 Å². The molecule has 214 valence electrons. The highest BCUT2D eigenvalue weighted by molar-refractivity contribution is 5.61. The number of nitrogens with zero attached hydrogens (tertiary/aromatic N) is 5. The van der Waals surface area contributed by atoms with Crippen molar-refractivity contribution in [3.05, 3.63) is 116 Å². The van der Waals surface area contributed by atoms with E-state index in [1.165, 1.54) is 0 Å². The Bertz CT molecular complexity index is 1080. The van der Waals surface area contributed by atoms with E-state index in [0.29, 0.717) is 0 Å². The molecule has 0 N–H and O–H groups in total. The summed E-state index contributed by atoms with van der Waals surface area (Å²) in [6.45, 7) is 20.0. The maximum atomic E-state index is 4.59. The van der Waals surface area contributed by atoms with Crippen molar-refractivity contribution in [2.24, 2.45) is 0 Å². The lowest BCUT2D eigenvalue weighted by Crippen LogP contribution is -1.90. The largest absolute Gasteiger partial charge is 0.255 e. The van der Waals surface area contributed by atoms with Crippen LogP contribution in [0.1, 0.15) is 69.2 Å². The van der Waals surface area contributed by atoms with E-state index in [-0.39, 0.29) is 0 Å². The minimum atomic E-state index is 0.860. The standard InChI is InChI=1S/C15H11N3.C10H8N2.5C2H6/c1-3-10-16-12(6-1)14-8-5-9-15(18-14)13-7-2-4-11-17-13;1-3-7-11-9(5-1)10-6-2-4-8-12-10;5*1-2/h1-11H;1-8H;5*1-2H3. The van der Waals surface area contributed by atoms with E-state index in [2.05, 4.69) is 24.9 Å². The van der Waals surface area contributed by atoms with Gasteiger partial charge >= 0.3 is 0 Å². The first-order valence-corrected chi connectivity index (χ1v) is 14.5. The molecule has 5 aromatic rings. The van der Waals surface area contributed by atoms with Crippen molar-refractivity contribution >= 4 is 0 Å². The zero-order valence-corrected chi connectivity index (χ0v) is 26.2. The van der Waals surface area contributed by atoms with E-state index in [4.69, 9.17) is 0 Å². The van der Waals surface area contributed by atoms with Crippen molar-refractivity contribution in [1.82, 2.24) is 24.9 Å². The van der Waals surface area contributed by atoms with Crippen LogP contribution in [0.5, 0.6) is 0 Å². The quantitative estimate of drug-likeness (QED) is 0.228. The Morgan fingerprint density at radius 2 is 0.500 bits per heavy atom. The van der Waals surface area contributed by atoms with Crippen molar-refractivity contribution in [1.29, 1.82) is 0 Å². The number of hydrogen-bond acceptors (Lipinski definition) is 5. The van der Waals surface area contributed by atoms with Gasteiger partial charge in [-0.3, -0.25) is 19.9 Å². The fraction of sp³-hybridized carbons (Fsp3) is 0.286. The van der Waals surface area contributed by atoms with Gasteiger partial charge in [0.25, 0.3) is 0 Å². The molecule has 5 heterocycles. The molecule has 0 spiro atoms. The second-order valence-corrected chi connectivity index (χ2v) is 6.27. The van der Waals surface area contributed by atoms with Gasteiger partial charge in [-0.25, -0.2) is 4.98 Å². The van der Waals surface area contributed by atoms with Crippen molar-refractivity contribution < 1.29 is 0 Å². The lowest BCUT2D eigenvalue weighted by Gasteiger charge is -2.03. The van der Waals surface area contributed by atoms with E-state index in [1.807, 2.05) is 160 Å². The number of aromatic nitrogens is 5. The predicted molar refractivity (Wildman–Crippen MR) is 175 cm³/mol. The maximum Gasteiger partial charge on any atom is 0.0894 e. The monoisotopic (exact) mass is 539 g/mol. The first kappa shape index (κ1) is 37.9. The van der Waals surface area contributed by atoms with Gasteiger partial charge in [-0.1, -0.05) is 99.6 Å². The summed E-state index contributed by atoms with van der Waals surface area (Å²) in [5.74, 6) is 0. The number of rotatable bonds is 3. The highest BCUT2D eigenvalue weighted by Crippen LogP contribution is 2.19. The van der Waals surface area contributed by atoms with Gasteiger partial charge in [0, 0.05) is 24.8 Å². The summed E-state index contributed by atoms with van der Waals surface area (Å²) >= 11 is 0. The molecule has 0 unspecified atom stereocenters. The fourth-order valence-corrected chi connectivity index (χ4v) is 2.78. The van der Waals surface area contributed by atoms with Crippen molar-refractivity contribution in [3.8, 4) is 34.2 Å². The molecule has 0 aromatic carbocycles. The highest BCUT2D eigenvalue weighted by Gasteiger charge is 2.04. The summed E-state index contributed by atoms with van der Waals surface area (Å²) in [7, 11) is 0. The zero-order valence-electron chi connectivity index (χ0n) is 26.2. The normalized spacial score (nSPS) is 8.25. The second kappa shape index (κ2) is 27.8. The van der Waals surface area contributed by atoms with Gasteiger partial charge in [0.1, 0.15) is 0 Å². The average Bonchev–Trinajstić information content (AvgIpc) is 3.11. The molecule has 5 aromatic heterocycles. The average molecular weight is 540 g/mol. The minimum absolute atomic E-state index is 0.860. The highest BCUT2D eigenvalue weighted by atomic mass is 14.8. The Labute approximate surface area is 243 Å². The molecule has 0 fully saturated rings. The van der Waals surface area contributed by atoms with E-state index in [1.54, 1.807) is 24.8 Å². The smallest absolute Gasteiger partial charge is 0.0894 e. The molecule has 0 saturated heterocycles. The molecule has 5 heteroatoms. The van der Waals surface area contributed by atoms with Gasteiger partial charge in [0.05, 0.1) is 34.2 Å².